The van der Waals surface area contributed by atoms with Crippen LogP contribution >= 0.6 is 22.7 Å². The second-order valence-electron chi connectivity index (χ2n) is 6.96. The Morgan fingerprint density at radius 3 is 2.81 bits per heavy atom. The molecule has 0 amide bonds. The lowest BCUT2D eigenvalue weighted by Gasteiger charge is -2.23. The molecule has 8 heteroatoms. The quantitative estimate of drug-likeness (QED) is 0.395. The minimum Gasteiger partial charge on any atom is -0.489 e. The first-order chi connectivity index (χ1) is 15.5. The molecule has 6 nitrogen and oxygen atoms in total. The van der Waals surface area contributed by atoms with Crippen LogP contribution in [0, 0.1) is 0 Å². The van der Waals surface area contributed by atoms with Gasteiger partial charge in [-0.05, 0) is 37.4 Å². The van der Waals surface area contributed by atoms with Crippen molar-refractivity contribution in [1.82, 2.24) is 4.57 Å². The van der Waals surface area contributed by atoms with Gasteiger partial charge in [-0.25, -0.2) is 9.79 Å². The molecular formula is C24H22N2O4S2. The molecule has 0 saturated heterocycles. The Morgan fingerprint density at radius 2 is 2.09 bits per heavy atom. The summed E-state index contributed by atoms with van der Waals surface area (Å²) in [5, 5.41) is 1.93. The van der Waals surface area contributed by atoms with Crippen LogP contribution in [0.4, 0.5) is 0 Å². The van der Waals surface area contributed by atoms with Crippen LogP contribution in [0.2, 0.25) is 0 Å². The molecule has 0 saturated carbocycles. The van der Waals surface area contributed by atoms with Crippen LogP contribution < -0.4 is 19.6 Å². The van der Waals surface area contributed by atoms with E-state index in [2.05, 4.69) is 11.6 Å². The summed E-state index contributed by atoms with van der Waals surface area (Å²) in [6.45, 7) is 7.84. The van der Waals surface area contributed by atoms with Crippen molar-refractivity contribution < 1.29 is 14.3 Å². The topological polar surface area (TPSA) is 69.9 Å². The number of aromatic nitrogens is 1. The summed E-state index contributed by atoms with van der Waals surface area (Å²) in [5.74, 6) is 0.209. The zero-order valence-corrected chi connectivity index (χ0v) is 19.4. The Balaban J connectivity index is 1.90. The second kappa shape index (κ2) is 9.50. The second-order valence-corrected chi connectivity index (χ2v) is 8.94. The molecular weight excluding hydrogens is 444 g/mol. The Morgan fingerprint density at radius 1 is 1.28 bits per heavy atom. The van der Waals surface area contributed by atoms with Crippen LogP contribution in [0.25, 0.3) is 6.08 Å². The normalized spacial score (nSPS) is 15.8. The van der Waals surface area contributed by atoms with Crippen LogP contribution in [0.3, 0.4) is 0 Å². The molecule has 3 heterocycles. The van der Waals surface area contributed by atoms with Gasteiger partial charge in [0.1, 0.15) is 18.4 Å². The summed E-state index contributed by atoms with van der Waals surface area (Å²) in [7, 11) is 0. The van der Waals surface area contributed by atoms with Crippen LogP contribution in [0.5, 0.6) is 5.75 Å². The number of fused-ring (bicyclic) bond motifs is 1. The third-order valence-corrected chi connectivity index (χ3v) is 6.80. The van der Waals surface area contributed by atoms with Crippen molar-refractivity contribution in [3.05, 3.63) is 95.8 Å². The third kappa shape index (κ3) is 4.11. The molecule has 164 valence electrons. The highest BCUT2D eigenvalue weighted by atomic mass is 32.1. The number of ether oxygens (including phenoxy) is 2. The molecule has 3 aromatic rings. The molecule has 0 bridgehead atoms. The molecule has 2 aromatic heterocycles. The molecule has 0 N–H and O–H groups in total. The van der Waals surface area contributed by atoms with Gasteiger partial charge in [0.15, 0.2) is 4.80 Å². The monoisotopic (exact) mass is 466 g/mol. The van der Waals surface area contributed by atoms with Gasteiger partial charge in [0.2, 0.25) is 0 Å². The fourth-order valence-electron chi connectivity index (χ4n) is 3.53. The summed E-state index contributed by atoms with van der Waals surface area (Å²) in [6, 6.07) is 10.8. The van der Waals surface area contributed by atoms with Gasteiger partial charge >= 0.3 is 5.97 Å². The largest absolute Gasteiger partial charge is 0.489 e. The van der Waals surface area contributed by atoms with Gasteiger partial charge in [-0.2, -0.15) is 0 Å². The average Bonchev–Trinajstić information content (AvgIpc) is 3.41. The van der Waals surface area contributed by atoms with Gasteiger partial charge in [-0.1, -0.05) is 48.3 Å². The lowest BCUT2D eigenvalue weighted by molar-refractivity contribution is -0.139. The number of benzene rings is 1. The highest BCUT2D eigenvalue weighted by molar-refractivity contribution is 7.10. The molecule has 1 atom stereocenters. The number of thiophene rings is 1. The fraction of sp³-hybridized carbons (Fsp3) is 0.208. The van der Waals surface area contributed by atoms with Crippen molar-refractivity contribution >= 4 is 34.7 Å². The maximum absolute atomic E-state index is 13.5. The molecule has 4 rings (SSSR count). The van der Waals surface area contributed by atoms with Crippen LogP contribution in [0.15, 0.2) is 75.5 Å². The van der Waals surface area contributed by atoms with Gasteiger partial charge in [-0.15, -0.1) is 11.3 Å². The lowest BCUT2D eigenvalue weighted by atomic mass is 10.0. The van der Waals surface area contributed by atoms with E-state index >= 15 is 0 Å². The van der Waals surface area contributed by atoms with Crippen LogP contribution in [-0.4, -0.2) is 23.8 Å². The molecule has 0 aliphatic carbocycles. The summed E-state index contributed by atoms with van der Waals surface area (Å²) in [5.41, 5.74) is 1.53. The number of allylic oxidation sites excluding steroid dienone is 1. The van der Waals surface area contributed by atoms with Gasteiger partial charge in [0.25, 0.3) is 5.56 Å². The first kappa shape index (κ1) is 22.0. The van der Waals surface area contributed by atoms with E-state index in [1.807, 2.05) is 41.8 Å². The number of hydrogen-bond donors (Lipinski definition) is 0. The summed E-state index contributed by atoms with van der Waals surface area (Å²) in [4.78, 5) is 32.4. The van der Waals surface area contributed by atoms with E-state index in [0.29, 0.717) is 33.0 Å². The van der Waals surface area contributed by atoms with Crippen molar-refractivity contribution in [2.45, 2.75) is 19.9 Å². The zero-order valence-electron chi connectivity index (χ0n) is 17.7. The SMILES string of the molecule is C=CCOc1ccccc1/C=c1/sc2n(c1=O)[C@H](c1cccs1)C(C(=O)OCC)=C(C)N=2. The van der Waals surface area contributed by atoms with Gasteiger partial charge < -0.3 is 9.47 Å². The first-order valence-electron chi connectivity index (χ1n) is 10.1. The average molecular weight is 467 g/mol. The van der Waals surface area contributed by atoms with E-state index in [0.717, 1.165) is 10.4 Å². The van der Waals surface area contributed by atoms with Crippen molar-refractivity contribution in [2.75, 3.05) is 13.2 Å². The Labute approximate surface area is 193 Å². The molecule has 0 radical (unpaired) electrons. The molecule has 1 aliphatic heterocycles. The summed E-state index contributed by atoms with van der Waals surface area (Å²) < 4.78 is 13.1. The minimum absolute atomic E-state index is 0.208. The predicted molar refractivity (Wildman–Crippen MR) is 127 cm³/mol. The molecule has 32 heavy (non-hydrogen) atoms. The van der Waals surface area contributed by atoms with E-state index in [9.17, 15) is 9.59 Å². The number of hydrogen-bond acceptors (Lipinski definition) is 7. The highest BCUT2D eigenvalue weighted by Crippen LogP contribution is 2.33. The molecule has 1 aromatic carbocycles. The van der Waals surface area contributed by atoms with Gasteiger partial charge in [0.05, 0.1) is 22.4 Å². The predicted octanol–water partition coefficient (Wildman–Crippen LogP) is 3.42. The fourth-order valence-corrected chi connectivity index (χ4v) is 5.39. The number of carbonyl (C=O) groups excluding carboxylic acids is 1. The molecule has 0 spiro atoms. The van der Waals surface area contributed by atoms with E-state index in [-0.39, 0.29) is 12.2 Å². The summed E-state index contributed by atoms with van der Waals surface area (Å²) in [6.07, 6.45) is 3.47. The van der Waals surface area contributed by atoms with Crippen molar-refractivity contribution in [1.29, 1.82) is 0 Å². The lowest BCUT2D eigenvalue weighted by Crippen LogP contribution is -2.39. The Kier molecular flexibility index (Phi) is 6.53. The number of para-hydroxylation sites is 1. The maximum Gasteiger partial charge on any atom is 0.338 e. The summed E-state index contributed by atoms with van der Waals surface area (Å²) >= 11 is 2.78. The third-order valence-electron chi connectivity index (χ3n) is 4.89. The highest BCUT2D eigenvalue weighted by Gasteiger charge is 2.33. The van der Waals surface area contributed by atoms with Crippen LogP contribution in [0.1, 0.15) is 30.3 Å². The van der Waals surface area contributed by atoms with E-state index in [4.69, 9.17) is 9.47 Å². The molecule has 0 unspecified atom stereocenters. The standard InChI is InChI=1S/C24H22N2O4S2/c1-4-12-30-17-10-7-6-9-16(17)14-19-22(27)26-21(18-11-8-13-31-18)20(23(28)29-5-2)15(3)25-24(26)32-19/h4,6-11,13-14,21H,1,5,12H2,2-3H3/b19-14+/t21-/m1/s1. The zero-order chi connectivity index (χ0) is 22.7. The van der Waals surface area contributed by atoms with Crippen molar-refractivity contribution in [2.24, 2.45) is 4.99 Å². The van der Waals surface area contributed by atoms with Gasteiger partial charge in [0, 0.05) is 10.4 Å². The number of carbonyl (C=O) groups is 1. The number of rotatable bonds is 7. The number of thiazole rings is 1. The Bertz CT molecular complexity index is 1360. The Hall–Kier alpha value is -3.23. The first-order valence-corrected chi connectivity index (χ1v) is 11.8. The van der Waals surface area contributed by atoms with E-state index < -0.39 is 12.0 Å². The van der Waals surface area contributed by atoms with Crippen molar-refractivity contribution in [3.8, 4) is 5.75 Å². The number of esters is 1. The number of nitrogens with zero attached hydrogens (tertiary/aromatic N) is 2. The molecule has 1 aliphatic rings. The molecule has 0 fully saturated rings. The van der Waals surface area contributed by atoms with Crippen molar-refractivity contribution in [3.63, 3.8) is 0 Å². The van der Waals surface area contributed by atoms with E-state index in [1.165, 1.54) is 22.7 Å². The van der Waals surface area contributed by atoms with Gasteiger partial charge in [-0.3, -0.25) is 9.36 Å². The van der Waals surface area contributed by atoms with Crippen LogP contribution in [-0.2, 0) is 9.53 Å². The smallest absolute Gasteiger partial charge is 0.338 e. The van der Waals surface area contributed by atoms with E-state index in [1.54, 1.807) is 30.6 Å². The maximum atomic E-state index is 13.5. The minimum atomic E-state index is -0.570.